The van der Waals surface area contributed by atoms with Crippen LogP contribution in [-0.2, 0) is 9.84 Å². The standard InChI is InChI=1S/C20H30O2S/c1-3-5-6-7-8-9-10-11-12-13-18-23(21,22)20-16-14-19(4-2)15-17-20/h2,14-17H,3,5-13,18H2,1H3. The summed E-state index contributed by atoms with van der Waals surface area (Å²) in [6.07, 6.45) is 17.3. The van der Waals surface area contributed by atoms with Crippen molar-refractivity contribution in [2.75, 3.05) is 5.75 Å². The molecule has 128 valence electrons. The van der Waals surface area contributed by atoms with E-state index in [1.807, 2.05) is 0 Å². The minimum Gasteiger partial charge on any atom is -0.224 e. The van der Waals surface area contributed by atoms with Crippen molar-refractivity contribution in [3.8, 4) is 12.3 Å². The summed E-state index contributed by atoms with van der Waals surface area (Å²) >= 11 is 0. The predicted molar refractivity (Wildman–Crippen MR) is 98.3 cm³/mol. The Hall–Kier alpha value is -1.27. The highest BCUT2D eigenvalue weighted by Gasteiger charge is 2.13. The number of terminal acetylenes is 1. The molecule has 3 heteroatoms. The molecular formula is C20H30O2S. The summed E-state index contributed by atoms with van der Waals surface area (Å²) in [5.41, 5.74) is 0.711. The number of hydrogen-bond acceptors (Lipinski definition) is 2. The number of benzene rings is 1. The molecule has 0 saturated carbocycles. The highest BCUT2D eigenvalue weighted by molar-refractivity contribution is 7.91. The second-order valence-corrected chi connectivity index (χ2v) is 8.28. The summed E-state index contributed by atoms with van der Waals surface area (Å²) in [5, 5.41) is 0. The minimum absolute atomic E-state index is 0.235. The first-order valence-corrected chi connectivity index (χ1v) is 10.5. The molecule has 1 aromatic carbocycles. The molecule has 0 aliphatic carbocycles. The number of rotatable bonds is 12. The van der Waals surface area contributed by atoms with Gasteiger partial charge in [-0.15, -0.1) is 6.42 Å². The molecular weight excluding hydrogens is 304 g/mol. The molecule has 0 heterocycles. The van der Waals surface area contributed by atoms with Gasteiger partial charge in [-0.25, -0.2) is 8.42 Å². The van der Waals surface area contributed by atoms with Crippen LogP contribution in [0.2, 0.25) is 0 Å². The zero-order valence-corrected chi connectivity index (χ0v) is 15.2. The highest BCUT2D eigenvalue weighted by atomic mass is 32.2. The largest absolute Gasteiger partial charge is 0.224 e. The van der Waals surface area contributed by atoms with Crippen LogP contribution in [0.3, 0.4) is 0 Å². The van der Waals surface area contributed by atoms with Crippen LogP contribution in [-0.4, -0.2) is 14.2 Å². The van der Waals surface area contributed by atoms with Crippen molar-refractivity contribution in [2.24, 2.45) is 0 Å². The summed E-state index contributed by atoms with van der Waals surface area (Å²) in [6, 6.07) is 6.60. The van der Waals surface area contributed by atoms with Crippen molar-refractivity contribution in [1.29, 1.82) is 0 Å². The van der Waals surface area contributed by atoms with Gasteiger partial charge in [0.2, 0.25) is 0 Å². The van der Waals surface area contributed by atoms with Gasteiger partial charge in [-0.3, -0.25) is 0 Å². The van der Waals surface area contributed by atoms with E-state index in [1.165, 1.54) is 44.9 Å². The number of sulfone groups is 1. The second-order valence-electron chi connectivity index (χ2n) is 6.17. The quantitative estimate of drug-likeness (QED) is 0.381. The van der Waals surface area contributed by atoms with E-state index in [-0.39, 0.29) is 5.75 Å². The van der Waals surface area contributed by atoms with Gasteiger partial charge in [0.25, 0.3) is 0 Å². The van der Waals surface area contributed by atoms with Crippen LogP contribution >= 0.6 is 0 Å². The monoisotopic (exact) mass is 334 g/mol. The third-order valence-corrected chi connectivity index (χ3v) is 5.96. The maximum atomic E-state index is 12.2. The Morgan fingerprint density at radius 2 is 1.30 bits per heavy atom. The van der Waals surface area contributed by atoms with Gasteiger partial charge in [-0.1, -0.05) is 70.6 Å². The maximum absolute atomic E-state index is 12.2. The van der Waals surface area contributed by atoms with Crippen molar-refractivity contribution < 1.29 is 8.42 Å². The van der Waals surface area contributed by atoms with Crippen LogP contribution in [0, 0.1) is 12.3 Å². The molecule has 0 amide bonds. The highest BCUT2D eigenvalue weighted by Crippen LogP contribution is 2.15. The Balaban J connectivity index is 2.15. The van der Waals surface area contributed by atoms with Gasteiger partial charge in [0.05, 0.1) is 10.6 Å². The van der Waals surface area contributed by atoms with E-state index >= 15 is 0 Å². The summed E-state index contributed by atoms with van der Waals surface area (Å²) in [7, 11) is -3.16. The first kappa shape index (κ1) is 19.8. The van der Waals surface area contributed by atoms with Crippen LogP contribution in [0.5, 0.6) is 0 Å². The van der Waals surface area contributed by atoms with Crippen molar-refractivity contribution in [2.45, 2.75) is 76.0 Å². The topological polar surface area (TPSA) is 34.1 Å². The van der Waals surface area contributed by atoms with Gasteiger partial charge in [0, 0.05) is 5.56 Å². The third kappa shape index (κ3) is 8.23. The molecule has 1 rings (SSSR count). The van der Waals surface area contributed by atoms with Crippen molar-refractivity contribution in [3.63, 3.8) is 0 Å². The molecule has 0 saturated heterocycles. The van der Waals surface area contributed by atoms with Gasteiger partial charge in [0.1, 0.15) is 0 Å². The fourth-order valence-corrected chi connectivity index (χ4v) is 4.03. The van der Waals surface area contributed by atoms with Crippen LogP contribution in [0.4, 0.5) is 0 Å². The molecule has 0 atom stereocenters. The first-order valence-electron chi connectivity index (χ1n) is 8.89. The van der Waals surface area contributed by atoms with E-state index in [2.05, 4.69) is 12.8 Å². The van der Waals surface area contributed by atoms with Gasteiger partial charge >= 0.3 is 0 Å². The number of hydrogen-bond donors (Lipinski definition) is 0. The zero-order chi connectivity index (χ0) is 17.0. The molecule has 0 aliphatic rings. The molecule has 2 nitrogen and oxygen atoms in total. The van der Waals surface area contributed by atoms with E-state index in [0.29, 0.717) is 10.5 Å². The molecule has 0 aliphatic heterocycles. The van der Waals surface area contributed by atoms with Crippen LogP contribution < -0.4 is 0 Å². The van der Waals surface area contributed by atoms with E-state index < -0.39 is 9.84 Å². The summed E-state index contributed by atoms with van der Waals surface area (Å²) in [6.45, 7) is 2.23. The minimum atomic E-state index is -3.16. The zero-order valence-electron chi connectivity index (χ0n) is 14.4. The van der Waals surface area contributed by atoms with Gasteiger partial charge in [-0.2, -0.15) is 0 Å². The Morgan fingerprint density at radius 3 is 1.78 bits per heavy atom. The van der Waals surface area contributed by atoms with Crippen molar-refractivity contribution in [3.05, 3.63) is 29.8 Å². The Labute approximate surface area is 142 Å². The lowest BCUT2D eigenvalue weighted by Gasteiger charge is -2.05. The average molecular weight is 335 g/mol. The van der Waals surface area contributed by atoms with Gasteiger partial charge < -0.3 is 0 Å². The molecule has 0 spiro atoms. The fraction of sp³-hybridized carbons (Fsp3) is 0.600. The van der Waals surface area contributed by atoms with Crippen LogP contribution in [0.15, 0.2) is 29.2 Å². The van der Waals surface area contributed by atoms with E-state index in [4.69, 9.17) is 6.42 Å². The molecule has 0 aromatic heterocycles. The Kier molecular flexibility index (Phi) is 9.71. The van der Waals surface area contributed by atoms with E-state index in [0.717, 1.165) is 19.3 Å². The fourth-order valence-electron chi connectivity index (χ4n) is 2.66. The molecule has 1 aromatic rings. The van der Waals surface area contributed by atoms with Crippen LogP contribution in [0.25, 0.3) is 0 Å². The predicted octanol–water partition coefficient (Wildman–Crippen LogP) is 5.36. The molecule has 23 heavy (non-hydrogen) atoms. The maximum Gasteiger partial charge on any atom is 0.178 e. The lowest BCUT2D eigenvalue weighted by atomic mass is 10.1. The molecule has 0 bridgehead atoms. The number of unbranched alkanes of at least 4 members (excludes halogenated alkanes) is 9. The summed E-state index contributed by atoms with van der Waals surface area (Å²) in [5.74, 6) is 2.73. The van der Waals surface area contributed by atoms with Crippen LogP contribution in [0.1, 0.15) is 76.7 Å². The SMILES string of the molecule is C#Cc1ccc(S(=O)(=O)CCCCCCCCCCCC)cc1. The Morgan fingerprint density at radius 1 is 0.826 bits per heavy atom. The van der Waals surface area contributed by atoms with Crippen molar-refractivity contribution in [1.82, 2.24) is 0 Å². The average Bonchev–Trinajstić information content (AvgIpc) is 2.56. The van der Waals surface area contributed by atoms with Crippen molar-refractivity contribution >= 4 is 9.84 Å². The first-order chi connectivity index (χ1) is 11.1. The Bertz CT molecular complexity index is 565. The molecule has 0 fully saturated rings. The van der Waals surface area contributed by atoms with Gasteiger partial charge in [0.15, 0.2) is 9.84 Å². The lowest BCUT2D eigenvalue weighted by molar-refractivity contribution is 0.558. The normalized spacial score (nSPS) is 11.3. The lowest BCUT2D eigenvalue weighted by Crippen LogP contribution is -2.06. The summed E-state index contributed by atoms with van der Waals surface area (Å²) < 4.78 is 24.4. The smallest absolute Gasteiger partial charge is 0.178 e. The molecule has 0 radical (unpaired) electrons. The molecule has 0 unspecified atom stereocenters. The van der Waals surface area contributed by atoms with E-state index in [9.17, 15) is 8.42 Å². The van der Waals surface area contributed by atoms with E-state index in [1.54, 1.807) is 24.3 Å². The molecule has 0 N–H and O–H groups in total. The van der Waals surface area contributed by atoms with Gasteiger partial charge in [-0.05, 0) is 30.7 Å². The second kappa shape index (κ2) is 11.3. The third-order valence-electron chi connectivity index (χ3n) is 4.15. The summed E-state index contributed by atoms with van der Waals surface area (Å²) in [4.78, 5) is 0.382.